The quantitative estimate of drug-likeness (QED) is 0.311. The average molecular weight is 439 g/mol. The minimum absolute atomic E-state index is 0.0888. The number of ether oxygens (including phenoxy) is 1. The lowest BCUT2D eigenvalue weighted by atomic mass is 9.79. The Balaban J connectivity index is 1.74. The van der Waals surface area contributed by atoms with Crippen LogP contribution in [-0.2, 0) is 4.74 Å². The van der Waals surface area contributed by atoms with Crippen molar-refractivity contribution in [3.63, 3.8) is 0 Å². The highest BCUT2D eigenvalue weighted by Crippen LogP contribution is 2.38. The Bertz CT molecular complexity index is 1040. The monoisotopic (exact) mass is 438 g/mol. The Morgan fingerprint density at radius 2 is 1.62 bits per heavy atom. The number of halogens is 3. The summed E-state index contributed by atoms with van der Waals surface area (Å²) in [5.74, 6) is -1.15. The fourth-order valence-corrected chi connectivity index (χ4v) is 4.02. The van der Waals surface area contributed by atoms with Gasteiger partial charge in [-0.25, -0.2) is 13.2 Å². The summed E-state index contributed by atoms with van der Waals surface area (Å²) in [6.07, 6.45) is 8.29. The predicted molar refractivity (Wildman–Crippen MR) is 126 cm³/mol. The van der Waals surface area contributed by atoms with Crippen LogP contribution in [0.25, 0.3) is 17.2 Å². The van der Waals surface area contributed by atoms with E-state index < -0.39 is 17.5 Å². The fourth-order valence-electron chi connectivity index (χ4n) is 4.02. The molecule has 4 heteroatoms. The van der Waals surface area contributed by atoms with E-state index in [1.807, 2.05) is 0 Å². The standard InChI is InChI=1S/C28H29F3O/c1-18-5-11-22(12-6-18)24-15-16-25(28(31)27(24)30)23-13-9-21(10-14-23)8-7-19(2)26(29)17-20(3)32-4/h7-10,13-18,22H,2-3,5-6,11-12H2,1,4H3/b8-7+,26-17+. The Morgan fingerprint density at radius 3 is 2.25 bits per heavy atom. The number of hydrogen-bond acceptors (Lipinski definition) is 1. The van der Waals surface area contributed by atoms with E-state index in [0.717, 1.165) is 37.3 Å². The Kier molecular flexibility index (Phi) is 7.79. The van der Waals surface area contributed by atoms with Gasteiger partial charge in [0.1, 0.15) is 11.6 Å². The molecule has 0 radical (unpaired) electrons. The summed E-state index contributed by atoms with van der Waals surface area (Å²) in [6, 6.07) is 10.4. The van der Waals surface area contributed by atoms with Crippen molar-refractivity contribution in [2.24, 2.45) is 5.92 Å². The number of allylic oxidation sites excluding steroid dienone is 4. The molecule has 3 rings (SSSR count). The number of hydrogen-bond donors (Lipinski definition) is 0. The summed E-state index contributed by atoms with van der Waals surface area (Å²) in [5, 5.41) is 0. The molecule has 0 unspecified atom stereocenters. The van der Waals surface area contributed by atoms with E-state index in [9.17, 15) is 13.2 Å². The minimum Gasteiger partial charge on any atom is -0.497 e. The van der Waals surface area contributed by atoms with Crippen LogP contribution in [0, 0.1) is 17.6 Å². The van der Waals surface area contributed by atoms with Gasteiger partial charge in [-0.3, -0.25) is 0 Å². The lowest BCUT2D eigenvalue weighted by Crippen LogP contribution is -2.13. The Hall–Kier alpha value is -3.01. The zero-order valence-electron chi connectivity index (χ0n) is 18.6. The number of methoxy groups -OCH3 is 1. The van der Waals surface area contributed by atoms with E-state index in [-0.39, 0.29) is 22.8 Å². The van der Waals surface area contributed by atoms with Crippen LogP contribution in [0.5, 0.6) is 0 Å². The lowest BCUT2D eigenvalue weighted by molar-refractivity contribution is 0.307. The lowest BCUT2D eigenvalue weighted by Gasteiger charge is -2.27. The van der Waals surface area contributed by atoms with Crippen molar-refractivity contribution in [3.8, 4) is 11.1 Å². The van der Waals surface area contributed by atoms with E-state index >= 15 is 0 Å². The van der Waals surface area contributed by atoms with Gasteiger partial charge in [-0.05, 0) is 41.4 Å². The molecular formula is C28H29F3O. The van der Waals surface area contributed by atoms with Crippen LogP contribution in [0.2, 0.25) is 0 Å². The SMILES string of the molecule is C=C(/C=C(/F)C(=C)/C=C/c1ccc(-c2ccc(C3CCC(C)CC3)c(F)c2F)cc1)OC. The molecule has 2 aromatic carbocycles. The van der Waals surface area contributed by atoms with E-state index in [1.165, 1.54) is 13.2 Å². The first kappa shape index (κ1) is 23.6. The molecule has 32 heavy (non-hydrogen) atoms. The summed E-state index contributed by atoms with van der Waals surface area (Å²) in [7, 11) is 1.41. The van der Waals surface area contributed by atoms with Gasteiger partial charge in [0.15, 0.2) is 11.6 Å². The van der Waals surface area contributed by atoms with E-state index in [1.54, 1.807) is 42.5 Å². The summed E-state index contributed by atoms with van der Waals surface area (Å²) in [6.45, 7) is 9.42. The maximum absolute atomic E-state index is 14.9. The van der Waals surface area contributed by atoms with Crippen LogP contribution in [0.4, 0.5) is 13.2 Å². The molecule has 0 N–H and O–H groups in total. The zero-order valence-corrected chi connectivity index (χ0v) is 18.6. The first-order valence-corrected chi connectivity index (χ1v) is 10.9. The topological polar surface area (TPSA) is 9.23 Å². The van der Waals surface area contributed by atoms with Gasteiger partial charge in [0, 0.05) is 17.2 Å². The molecule has 2 aromatic rings. The molecule has 0 saturated heterocycles. The molecule has 1 fully saturated rings. The number of rotatable bonds is 7. The fraction of sp³-hybridized carbons (Fsp3) is 0.286. The van der Waals surface area contributed by atoms with Crippen molar-refractivity contribution >= 4 is 6.08 Å². The molecule has 1 aliphatic rings. The van der Waals surface area contributed by atoms with Gasteiger partial charge in [0.05, 0.1) is 7.11 Å². The molecule has 168 valence electrons. The minimum atomic E-state index is -0.802. The van der Waals surface area contributed by atoms with Crippen LogP contribution in [0.3, 0.4) is 0 Å². The largest absolute Gasteiger partial charge is 0.497 e. The summed E-state index contributed by atoms with van der Waals surface area (Å²) in [4.78, 5) is 0. The summed E-state index contributed by atoms with van der Waals surface area (Å²) < 4.78 is 48.6. The average Bonchev–Trinajstić information content (AvgIpc) is 2.80. The maximum Gasteiger partial charge on any atom is 0.166 e. The van der Waals surface area contributed by atoms with Crippen molar-refractivity contribution in [1.29, 1.82) is 0 Å². The third kappa shape index (κ3) is 5.61. The third-order valence-electron chi connectivity index (χ3n) is 6.12. The molecule has 0 heterocycles. The second kappa shape index (κ2) is 10.5. The third-order valence-corrected chi connectivity index (χ3v) is 6.12. The van der Waals surface area contributed by atoms with Crippen molar-refractivity contribution in [3.05, 3.63) is 102 Å². The molecule has 0 aromatic heterocycles. The van der Waals surface area contributed by atoms with Gasteiger partial charge >= 0.3 is 0 Å². The molecule has 0 aliphatic heterocycles. The van der Waals surface area contributed by atoms with Gasteiger partial charge in [-0.2, -0.15) is 0 Å². The van der Waals surface area contributed by atoms with E-state index in [4.69, 9.17) is 4.74 Å². The van der Waals surface area contributed by atoms with Crippen molar-refractivity contribution in [1.82, 2.24) is 0 Å². The predicted octanol–water partition coefficient (Wildman–Crippen LogP) is 8.51. The highest BCUT2D eigenvalue weighted by Gasteiger charge is 2.25. The van der Waals surface area contributed by atoms with Gasteiger partial charge in [-0.15, -0.1) is 0 Å². The molecule has 0 spiro atoms. The van der Waals surface area contributed by atoms with Gasteiger partial charge in [0.25, 0.3) is 0 Å². The molecule has 1 aliphatic carbocycles. The molecule has 0 atom stereocenters. The van der Waals surface area contributed by atoms with E-state index in [2.05, 4.69) is 20.1 Å². The second-order valence-corrected chi connectivity index (χ2v) is 8.43. The van der Waals surface area contributed by atoms with Crippen LogP contribution in [-0.4, -0.2) is 7.11 Å². The van der Waals surface area contributed by atoms with Crippen LogP contribution in [0.1, 0.15) is 49.7 Å². The summed E-state index contributed by atoms with van der Waals surface area (Å²) in [5.41, 5.74) is 2.27. The van der Waals surface area contributed by atoms with Gasteiger partial charge in [0.2, 0.25) is 0 Å². The maximum atomic E-state index is 14.9. The van der Waals surface area contributed by atoms with Crippen molar-refractivity contribution in [2.75, 3.05) is 7.11 Å². The highest BCUT2D eigenvalue weighted by atomic mass is 19.2. The Labute approximate surface area is 188 Å². The smallest absolute Gasteiger partial charge is 0.166 e. The van der Waals surface area contributed by atoms with Crippen molar-refractivity contribution in [2.45, 2.75) is 38.5 Å². The molecule has 1 saturated carbocycles. The first-order valence-electron chi connectivity index (χ1n) is 10.9. The van der Waals surface area contributed by atoms with Crippen LogP contribution < -0.4 is 0 Å². The molecule has 0 amide bonds. The second-order valence-electron chi connectivity index (χ2n) is 8.43. The molecular weight excluding hydrogens is 409 g/mol. The zero-order chi connectivity index (χ0) is 23.3. The number of benzene rings is 2. The normalized spacial score (nSPS) is 19.2. The Morgan fingerprint density at radius 1 is 0.969 bits per heavy atom. The van der Waals surface area contributed by atoms with Crippen LogP contribution >= 0.6 is 0 Å². The molecule has 1 nitrogen and oxygen atoms in total. The highest BCUT2D eigenvalue weighted by molar-refractivity contribution is 5.67. The summed E-state index contributed by atoms with van der Waals surface area (Å²) >= 11 is 0. The van der Waals surface area contributed by atoms with Gasteiger partial charge < -0.3 is 4.74 Å². The van der Waals surface area contributed by atoms with Crippen molar-refractivity contribution < 1.29 is 17.9 Å². The first-order chi connectivity index (χ1) is 15.3. The van der Waals surface area contributed by atoms with E-state index in [0.29, 0.717) is 17.0 Å². The molecule has 0 bridgehead atoms. The van der Waals surface area contributed by atoms with Gasteiger partial charge in [-0.1, -0.05) is 81.5 Å². The van der Waals surface area contributed by atoms with Crippen LogP contribution in [0.15, 0.2) is 78.9 Å².